The molecule has 2 rings (SSSR count). The van der Waals surface area contributed by atoms with Gasteiger partial charge in [-0.25, -0.2) is 0 Å². The minimum atomic E-state index is 0.148. The highest BCUT2D eigenvalue weighted by Crippen LogP contribution is 2.26. The van der Waals surface area contributed by atoms with Gasteiger partial charge in [-0.05, 0) is 54.3 Å². The second-order valence-electron chi connectivity index (χ2n) is 5.16. The average molecular weight is 283 g/mol. The van der Waals surface area contributed by atoms with Crippen molar-refractivity contribution in [3.63, 3.8) is 0 Å². The summed E-state index contributed by atoms with van der Waals surface area (Å²) in [5.74, 6) is 1.15. The number of phenols is 1. The lowest BCUT2D eigenvalue weighted by Crippen LogP contribution is -1.93. The van der Waals surface area contributed by atoms with Gasteiger partial charge >= 0.3 is 0 Å². The molecule has 0 saturated carbocycles. The Morgan fingerprint density at radius 3 is 2.48 bits per heavy atom. The molecule has 0 aliphatic carbocycles. The maximum Gasteiger partial charge on any atom is 0.161 e. The van der Waals surface area contributed by atoms with Crippen LogP contribution in [-0.4, -0.2) is 17.9 Å². The van der Waals surface area contributed by atoms with E-state index in [2.05, 4.69) is 31.0 Å². The molecule has 0 heterocycles. The van der Waals surface area contributed by atoms with Crippen LogP contribution >= 0.6 is 0 Å². The number of aromatic hydroxyl groups is 1. The summed E-state index contributed by atoms with van der Waals surface area (Å²) in [5.41, 5.74) is 3.10. The Morgan fingerprint density at radius 2 is 1.86 bits per heavy atom. The van der Waals surface area contributed by atoms with E-state index >= 15 is 0 Å². The topological polar surface area (TPSA) is 41.8 Å². The van der Waals surface area contributed by atoms with Crippen LogP contribution < -0.4 is 4.74 Å². The van der Waals surface area contributed by atoms with E-state index in [1.54, 1.807) is 18.3 Å². The Hall–Kier alpha value is -2.29. The van der Waals surface area contributed by atoms with Crippen LogP contribution in [0.4, 0.5) is 5.69 Å². The molecular weight excluding hydrogens is 262 g/mol. The van der Waals surface area contributed by atoms with E-state index in [9.17, 15) is 5.11 Å². The second-order valence-corrected chi connectivity index (χ2v) is 5.16. The van der Waals surface area contributed by atoms with E-state index in [0.717, 1.165) is 11.3 Å². The van der Waals surface area contributed by atoms with Crippen LogP contribution in [0.2, 0.25) is 0 Å². The Labute approximate surface area is 125 Å². The summed E-state index contributed by atoms with van der Waals surface area (Å²) in [6.07, 6.45) is 1.77. The lowest BCUT2D eigenvalue weighted by atomic mass is 10.0. The Morgan fingerprint density at radius 1 is 1.14 bits per heavy atom. The minimum absolute atomic E-state index is 0.148. The van der Waals surface area contributed by atoms with E-state index in [-0.39, 0.29) is 5.75 Å². The third-order valence-electron chi connectivity index (χ3n) is 3.21. The fourth-order valence-electron chi connectivity index (χ4n) is 1.98. The first kappa shape index (κ1) is 15.1. The number of phenolic OH excluding ortho intramolecular Hbond substituents is 1. The quantitative estimate of drug-likeness (QED) is 0.810. The first-order chi connectivity index (χ1) is 10.1. The molecule has 0 bridgehead atoms. The van der Waals surface area contributed by atoms with E-state index < -0.39 is 0 Å². The van der Waals surface area contributed by atoms with Crippen molar-refractivity contribution in [2.45, 2.75) is 26.7 Å². The van der Waals surface area contributed by atoms with Gasteiger partial charge in [-0.2, -0.15) is 0 Å². The predicted molar refractivity (Wildman–Crippen MR) is 87.1 cm³/mol. The predicted octanol–water partition coefficient (Wildman–Crippen LogP) is 4.66. The lowest BCUT2D eigenvalue weighted by Gasteiger charge is -2.06. The Bertz CT molecular complexity index is 616. The largest absolute Gasteiger partial charge is 0.504 e. The third kappa shape index (κ3) is 4.09. The van der Waals surface area contributed by atoms with Crippen LogP contribution in [0.25, 0.3) is 0 Å². The summed E-state index contributed by atoms with van der Waals surface area (Å²) in [6.45, 7) is 6.75. The molecule has 3 nitrogen and oxygen atoms in total. The van der Waals surface area contributed by atoms with Gasteiger partial charge in [0.1, 0.15) is 0 Å². The first-order valence-corrected chi connectivity index (χ1v) is 7.20. The van der Waals surface area contributed by atoms with Gasteiger partial charge in [0.25, 0.3) is 0 Å². The van der Waals surface area contributed by atoms with Crippen molar-refractivity contribution in [1.29, 1.82) is 0 Å². The normalized spacial score (nSPS) is 11.2. The van der Waals surface area contributed by atoms with Gasteiger partial charge in [0.15, 0.2) is 11.5 Å². The van der Waals surface area contributed by atoms with Crippen molar-refractivity contribution in [1.82, 2.24) is 0 Å². The SMILES string of the molecule is CCOc1cc(C=Nc2ccc(C(C)C)cc2)ccc1O. The van der Waals surface area contributed by atoms with Gasteiger partial charge in [-0.3, -0.25) is 4.99 Å². The Kier molecular flexibility index (Phi) is 4.99. The van der Waals surface area contributed by atoms with E-state index in [0.29, 0.717) is 18.3 Å². The van der Waals surface area contributed by atoms with Gasteiger partial charge in [0.2, 0.25) is 0 Å². The highest BCUT2D eigenvalue weighted by Gasteiger charge is 2.02. The molecule has 0 aliphatic rings. The number of rotatable bonds is 5. The zero-order chi connectivity index (χ0) is 15.2. The van der Waals surface area contributed by atoms with Crippen molar-refractivity contribution in [3.8, 4) is 11.5 Å². The van der Waals surface area contributed by atoms with E-state index in [1.165, 1.54) is 5.56 Å². The van der Waals surface area contributed by atoms with Crippen LogP contribution in [0, 0.1) is 0 Å². The maximum absolute atomic E-state index is 9.66. The van der Waals surface area contributed by atoms with Gasteiger partial charge in [0.05, 0.1) is 12.3 Å². The standard InChI is InChI=1S/C18H21NO2/c1-4-21-18-11-14(5-10-17(18)20)12-19-16-8-6-15(7-9-16)13(2)3/h5-13,20H,4H2,1-3H3. The molecule has 0 fully saturated rings. The molecule has 3 heteroatoms. The number of hydrogen-bond acceptors (Lipinski definition) is 3. The average Bonchev–Trinajstić information content (AvgIpc) is 2.48. The number of hydrogen-bond donors (Lipinski definition) is 1. The van der Waals surface area contributed by atoms with Crippen molar-refractivity contribution in [3.05, 3.63) is 53.6 Å². The molecule has 2 aromatic rings. The van der Waals surface area contributed by atoms with Gasteiger partial charge in [-0.15, -0.1) is 0 Å². The van der Waals surface area contributed by atoms with Gasteiger partial charge in [-0.1, -0.05) is 26.0 Å². The summed E-state index contributed by atoms with van der Waals surface area (Å²) in [7, 11) is 0. The van der Waals surface area contributed by atoms with Gasteiger partial charge < -0.3 is 9.84 Å². The minimum Gasteiger partial charge on any atom is -0.504 e. The van der Waals surface area contributed by atoms with E-state index in [4.69, 9.17) is 4.74 Å². The van der Waals surface area contributed by atoms with Crippen LogP contribution in [0.15, 0.2) is 47.5 Å². The fraction of sp³-hybridized carbons (Fsp3) is 0.278. The molecule has 0 aliphatic heterocycles. The zero-order valence-electron chi connectivity index (χ0n) is 12.7. The highest BCUT2D eigenvalue weighted by atomic mass is 16.5. The molecule has 0 unspecified atom stereocenters. The van der Waals surface area contributed by atoms with Crippen LogP contribution in [0.1, 0.15) is 37.8 Å². The number of nitrogens with zero attached hydrogens (tertiary/aromatic N) is 1. The maximum atomic E-state index is 9.66. The summed E-state index contributed by atoms with van der Waals surface area (Å²) in [4.78, 5) is 4.45. The van der Waals surface area contributed by atoms with Crippen LogP contribution in [0.5, 0.6) is 11.5 Å². The molecule has 0 amide bonds. The summed E-state index contributed by atoms with van der Waals surface area (Å²) in [6, 6.07) is 13.4. The van der Waals surface area contributed by atoms with Crippen molar-refractivity contribution >= 4 is 11.9 Å². The molecular formula is C18H21NO2. The Balaban J connectivity index is 2.15. The number of benzene rings is 2. The molecule has 21 heavy (non-hydrogen) atoms. The monoisotopic (exact) mass is 283 g/mol. The van der Waals surface area contributed by atoms with E-state index in [1.807, 2.05) is 25.1 Å². The summed E-state index contributed by atoms with van der Waals surface area (Å²) < 4.78 is 5.36. The van der Waals surface area contributed by atoms with Crippen molar-refractivity contribution < 1.29 is 9.84 Å². The molecule has 0 saturated heterocycles. The van der Waals surface area contributed by atoms with Crippen molar-refractivity contribution in [2.24, 2.45) is 4.99 Å². The molecule has 0 spiro atoms. The molecule has 0 radical (unpaired) electrons. The van der Waals surface area contributed by atoms with Crippen LogP contribution in [0.3, 0.4) is 0 Å². The number of ether oxygens (including phenoxy) is 1. The molecule has 0 atom stereocenters. The number of aliphatic imine (C=N–C) groups is 1. The second kappa shape index (κ2) is 6.93. The third-order valence-corrected chi connectivity index (χ3v) is 3.21. The summed E-state index contributed by atoms with van der Waals surface area (Å²) >= 11 is 0. The molecule has 0 aromatic heterocycles. The smallest absolute Gasteiger partial charge is 0.161 e. The lowest BCUT2D eigenvalue weighted by molar-refractivity contribution is 0.318. The van der Waals surface area contributed by atoms with Crippen LogP contribution in [-0.2, 0) is 0 Å². The fourth-order valence-corrected chi connectivity index (χ4v) is 1.98. The molecule has 110 valence electrons. The highest BCUT2D eigenvalue weighted by molar-refractivity contribution is 5.83. The van der Waals surface area contributed by atoms with Crippen molar-refractivity contribution in [2.75, 3.05) is 6.61 Å². The molecule has 1 N–H and O–H groups in total. The first-order valence-electron chi connectivity index (χ1n) is 7.20. The molecule has 2 aromatic carbocycles. The van der Waals surface area contributed by atoms with Gasteiger partial charge in [0, 0.05) is 6.21 Å². The zero-order valence-corrected chi connectivity index (χ0v) is 12.7. The summed E-state index contributed by atoms with van der Waals surface area (Å²) in [5, 5.41) is 9.66.